The van der Waals surface area contributed by atoms with Crippen LogP contribution in [-0.4, -0.2) is 45.1 Å². The molecule has 0 aromatic heterocycles. The van der Waals surface area contributed by atoms with E-state index in [0.29, 0.717) is 24.8 Å². The van der Waals surface area contributed by atoms with E-state index in [2.05, 4.69) is 0 Å². The number of ketones is 2. The fraction of sp³-hybridized carbons (Fsp3) is 0.333. The third kappa shape index (κ3) is 3.07. The predicted octanol–water partition coefficient (Wildman–Crippen LogP) is 1.63. The van der Waals surface area contributed by atoms with E-state index in [9.17, 15) is 24.9 Å². The Morgan fingerprint density at radius 2 is 1.75 bits per heavy atom. The van der Waals surface area contributed by atoms with Gasteiger partial charge in [-0.15, -0.1) is 0 Å². The molecular formula is C21H21NO6. The van der Waals surface area contributed by atoms with Crippen LogP contribution in [0, 0.1) is 0 Å². The van der Waals surface area contributed by atoms with Gasteiger partial charge in [-0.05, 0) is 43.0 Å². The molecular weight excluding hydrogens is 362 g/mol. The number of aliphatic hydroxyl groups is 1. The van der Waals surface area contributed by atoms with Crippen LogP contribution in [-0.2, 0) is 11.3 Å². The third-order valence-electron chi connectivity index (χ3n) is 5.46. The van der Waals surface area contributed by atoms with Gasteiger partial charge in [-0.3, -0.25) is 9.59 Å². The van der Waals surface area contributed by atoms with Crippen molar-refractivity contribution >= 4 is 11.6 Å². The lowest BCUT2D eigenvalue weighted by molar-refractivity contribution is -0.0209. The Morgan fingerprint density at radius 1 is 1.00 bits per heavy atom. The molecule has 3 atom stereocenters. The Bertz CT molecular complexity index is 970. The summed E-state index contributed by atoms with van der Waals surface area (Å²) in [6, 6.07) is 6.91. The van der Waals surface area contributed by atoms with Crippen molar-refractivity contribution in [3.63, 3.8) is 0 Å². The van der Waals surface area contributed by atoms with E-state index >= 15 is 0 Å². The Balaban J connectivity index is 1.60. The smallest absolute Gasteiger partial charge is 0.201 e. The molecule has 0 bridgehead atoms. The van der Waals surface area contributed by atoms with Gasteiger partial charge in [-0.25, -0.2) is 0 Å². The van der Waals surface area contributed by atoms with Crippen molar-refractivity contribution in [1.82, 2.24) is 0 Å². The summed E-state index contributed by atoms with van der Waals surface area (Å²) in [5, 5.41) is 30.1. The van der Waals surface area contributed by atoms with E-state index in [1.165, 1.54) is 24.3 Å². The standard InChI is InChI=1S/C21H21NO6/c22-14-8-11(4-5-15(14)23)28-9-10-6-13-19(17(25)7-10)21(27)18-12(20(13)26)2-1-3-16(18)24/h1-3,6-7,11,14-15,23-25H,4-5,8-9,22H2/t11-,14-,15?/m1/s1. The molecule has 1 unspecified atom stereocenters. The molecule has 2 aromatic rings. The van der Waals surface area contributed by atoms with Crippen LogP contribution in [0.4, 0.5) is 0 Å². The van der Waals surface area contributed by atoms with Crippen molar-refractivity contribution in [3.8, 4) is 11.5 Å². The van der Waals surface area contributed by atoms with E-state index < -0.39 is 17.7 Å². The highest BCUT2D eigenvalue weighted by Crippen LogP contribution is 2.37. The van der Waals surface area contributed by atoms with Crippen LogP contribution in [0.25, 0.3) is 0 Å². The molecule has 1 saturated carbocycles. The van der Waals surface area contributed by atoms with Gasteiger partial charge in [0.15, 0.2) is 5.78 Å². The highest BCUT2D eigenvalue weighted by molar-refractivity contribution is 6.30. The zero-order valence-electron chi connectivity index (χ0n) is 15.1. The fourth-order valence-corrected chi connectivity index (χ4v) is 3.94. The van der Waals surface area contributed by atoms with Crippen LogP contribution in [0.3, 0.4) is 0 Å². The number of carbonyl (C=O) groups excluding carboxylic acids is 2. The number of benzene rings is 2. The number of carbonyl (C=O) groups is 2. The largest absolute Gasteiger partial charge is 0.507 e. The second-order valence-electron chi connectivity index (χ2n) is 7.37. The van der Waals surface area contributed by atoms with Crippen LogP contribution >= 0.6 is 0 Å². The summed E-state index contributed by atoms with van der Waals surface area (Å²) in [6.07, 6.45) is 1.13. The number of nitrogens with two attached hydrogens (primary N) is 1. The van der Waals surface area contributed by atoms with Gasteiger partial charge in [-0.2, -0.15) is 0 Å². The molecule has 0 spiro atoms. The minimum absolute atomic E-state index is 0.0888. The van der Waals surface area contributed by atoms with Gasteiger partial charge in [0.05, 0.1) is 29.9 Å². The summed E-state index contributed by atoms with van der Waals surface area (Å²) in [6.45, 7) is 0.142. The van der Waals surface area contributed by atoms with E-state index in [1.807, 2.05) is 0 Å². The number of phenolic OH excluding ortho intramolecular Hbond substituents is 2. The Hall–Kier alpha value is -2.74. The molecule has 7 nitrogen and oxygen atoms in total. The summed E-state index contributed by atoms with van der Waals surface area (Å²) < 4.78 is 5.85. The van der Waals surface area contributed by atoms with Gasteiger partial charge in [0.25, 0.3) is 0 Å². The Kier molecular flexibility index (Phi) is 4.66. The number of aromatic hydroxyl groups is 2. The topological polar surface area (TPSA) is 130 Å². The van der Waals surface area contributed by atoms with Gasteiger partial charge in [0.2, 0.25) is 5.78 Å². The molecule has 0 heterocycles. The van der Waals surface area contributed by atoms with Crippen LogP contribution in [0.15, 0.2) is 30.3 Å². The maximum absolute atomic E-state index is 12.8. The van der Waals surface area contributed by atoms with Crippen molar-refractivity contribution < 1.29 is 29.6 Å². The Morgan fingerprint density at radius 3 is 2.50 bits per heavy atom. The molecule has 1 fully saturated rings. The molecule has 0 aliphatic heterocycles. The van der Waals surface area contributed by atoms with Gasteiger partial charge >= 0.3 is 0 Å². The maximum atomic E-state index is 12.8. The van der Waals surface area contributed by atoms with Crippen molar-refractivity contribution in [1.29, 1.82) is 0 Å². The fourth-order valence-electron chi connectivity index (χ4n) is 3.94. The molecule has 0 amide bonds. The monoisotopic (exact) mass is 383 g/mol. The summed E-state index contributed by atoms with van der Waals surface area (Å²) in [4.78, 5) is 25.6. The van der Waals surface area contributed by atoms with Crippen molar-refractivity contribution in [2.24, 2.45) is 5.73 Å². The number of hydrogen-bond donors (Lipinski definition) is 4. The van der Waals surface area contributed by atoms with Crippen LogP contribution in [0.5, 0.6) is 11.5 Å². The van der Waals surface area contributed by atoms with E-state index in [0.717, 1.165) is 0 Å². The average Bonchev–Trinajstić information content (AvgIpc) is 2.66. The first kappa shape index (κ1) is 18.6. The van der Waals surface area contributed by atoms with Crippen molar-refractivity contribution in [2.45, 2.75) is 44.1 Å². The summed E-state index contributed by atoms with van der Waals surface area (Å²) >= 11 is 0. The van der Waals surface area contributed by atoms with Crippen molar-refractivity contribution in [3.05, 3.63) is 58.1 Å². The molecule has 2 aliphatic carbocycles. The molecule has 7 heteroatoms. The first-order valence-corrected chi connectivity index (χ1v) is 9.19. The average molecular weight is 383 g/mol. The van der Waals surface area contributed by atoms with Crippen LogP contribution in [0.1, 0.15) is 56.7 Å². The molecule has 0 saturated heterocycles. The second kappa shape index (κ2) is 7.01. The zero-order chi connectivity index (χ0) is 20.0. The van der Waals surface area contributed by atoms with Gasteiger partial charge in [0.1, 0.15) is 11.5 Å². The highest BCUT2D eigenvalue weighted by atomic mass is 16.5. The predicted molar refractivity (Wildman–Crippen MR) is 99.5 cm³/mol. The SMILES string of the molecule is N[C@@H]1C[C@H](OCc2cc(O)c3c(c2)C(=O)c2cccc(O)c2C3=O)CCC1O. The number of rotatable bonds is 3. The third-order valence-corrected chi connectivity index (χ3v) is 5.46. The van der Waals surface area contributed by atoms with Crippen molar-refractivity contribution in [2.75, 3.05) is 0 Å². The summed E-state index contributed by atoms with van der Waals surface area (Å²) in [5.74, 6) is -1.62. The lowest BCUT2D eigenvalue weighted by Crippen LogP contribution is -2.42. The van der Waals surface area contributed by atoms with Crippen LogP contribution < -0.4 is 5.73 Å². The number of fused-ring (bicyclic) bond motifs is 2. The molecule has 5 N–H and O–H groups in total. The van der Waals surface area contributed by atoms with E-state index in [1.54, 1.807) is 6.07 Å². The van der Waals surface area contributed by atoms with Gasteiger partial charge in [-0.1, -0.05) is 12.1 Å². The van der Waals surface area contributed by atoms with Gasteiger partial charge in [0, 0.05) is 17.2 Å². The Labute approximate surface area is 161 Å². The number of phenols is 2. The first-order chi connectivity index (χ1) is 13.4. The molecule has 4 rings (SSSR count). The summed E-state index contributed by atoms with van der Waals surface area (Å²) in [7, 11) is 0. The lowest BCUT2D eigenvalue weighted by Gasteiger charge is -2.30. The highest BCUT2D eigenvalue weighted by Gasteiger charge is 2.34. The first-order valence-electron chi connectivity index (χ1n) is 9.19. The number of ether oxygens (including phenoxy) is 1. The maximum Gasteiger partial charge on any atom is 0.201 e. The number of aliphatic hydroxyl groups excluding tert-OH is 1. The summed E-state index contributed by atoms with van der Waals surface area (Å²) in [5.41, 5.74) is 6.44. The molecule has 28 heavy (non-hydrogen) atoms. The molecule has 146 valence electrons. The molecule has 2 aliphatic rings. The van der Waals surface area contributed by atoms with Crippen LogP contribution in [0.2, 0.25) is 0 Å². The second-order valence-corrected chi connectivity index (χ2v) is 7.37. The van der Waals surface area contributed by atoms with E-state index in [-0.39, 0.29) is 52.5 Å². The van der Waals surface area contributed by atoms with Gasteiger partial charge < -0.3 is 25.8 Å². The van der Waals surface area contributed by atoms with E-state index in [4.69, 9.17) is 10.5 Å². The number of hydrogen-bond acceptors (Lipinski definition) is 7. The molecule has 2 aromatic carbocycles. The lowest BCUT2D eigenvalue weighted by atomic mass is 9.82. The quantitative estimate of drug-likeness (QED) is 0.541. The minimum Gasteiger partial charge on any atom is -0.507 e. The zero-order valence-corrected chi connectivity index (χ0v) is 15.1. The molecule has 0 radical (unpaired) electrons. The minimum atomic E-state index is -0.583. The normalized spacial score (nSPS) is 24.0.